The van der Waals surface area contributed by atoms with Crippen LogP contribution in [0.3, 0.4) is 0 Å². The van der Waals surface area contributed by atoms with Crippen molar-refractivity contribution in [3.8, 4) is 0 Å². The number of nitrogens with one attached hydrogen (secondary N) is 1. The molecule has 1 aromatic carbocycles. The van der Waals surface area contributed by atoms with Gasteiger partial charge in [0.15, 0.2) is 15.0 Å². The Bertz CT molecular complexity index is 764. The molecular formula is C14H18N2O3S2. The molecule has 1 amide bonds. The molecule has 0 atom stereocenters. The fraction of sp³-hybridized carbons (Fsp3) is 0.429. The molecule has 0 fully saturated rings. The van der Waals surface area contributed by atoms with E-state index >= 15 is 0 Å². The zero-order chi connectivity index (χ0) is 15.6. The van der Waals surface area contributed by atoms with Crippen molar-refractivity contribution in [3.63, 3.8) is 0 Å². The number of carbonyl (C=O) groups is 1. The van der Waals surface area contributed by atoms with Gasteiger partial charge in [-0.25, -0.2) is 13.4 Å². The number of amides is 1. The summed E-state index contributed by atoms with van der Waals surface area (Å²) in [5.41, 5.74) is 0.687. The van der Waals surface area contributed by atoms with Crippen molar-refractivity contribution in [1.82, 2.24) is 4.98 Å². The van der Waals surface area contributed by atoms with Gasteiger partial charge < -0.3 is 5.32 Å². The molecule has 0 bridgehead atoms. The molecule has 0 radical (unpaired) electrons. The van der Waals surface area contributed by atoms with Crippen LogP contribution in [-0.2, 0) is 14.6 Å². The third-order valence-electron chi connectivity index (χ3n) is 2.98. The zero-order valence-electron chi connectivity index (χ0n) is 12.2. The average Bonchev–Trinajstić information content (AvgIpc) is 2.76. The highest BCUT2D eigenvalue weighted by molar-refractivity contribution is 7.90. The van der Waals surface area contributed by atoms with Crippen LogP contribution in [0.5, 0.6) is 0 Å². The van der Waals surface area contributed by atoms with E-state index in [1.165, 1.54) is 23.7 Å². The van der Waals surface area contributed by atoms with Crippen LogP contribution in [0.1, 0.15) is 26.7 Å². The maximum atomic E-state index is 11.8. The number of aromatic nitrogens is 1. The number of benzene rings is 1. The molecule has 0 unspecified atom stereocenters. The molecule has 0 aliphatic heterocycles. The predicted octanol–water partition coefficient (Wildman–Crippen LogP) is 3.07. The van der Waals surface area contributed by atoms with Gasteiger partial charge >= 0.3 is 0 Å². The van der Waals surface area contributed by atoms with E-state index in [1.807, 2.05) is 0 Å². The van der Waals surface area contributed by atoms with Gasteiger partial charge in [0, 0.05) is 12.7 Å². The summed E-state index contributed by atoms with van der Waals surface area (Å²) in [6.07, 6.45) is 2.46. The van der Waals surface area contributed by atoms with E-state index in [0.29, 0.717) is 23.0 Å². The second-order valence-electron chi connectivity index (χ2n) is 5.40. The fourth-order valence-electron chi connectivity index (χ4n) is 1.79. The topological polar surface area (TPSA) is 76.1 Å². The van der Waals surface area contributed by atoms with E-state index in [2.05, 4.69) is 24.1 Å². The molecule has 2 aromatic rings. The summed E-state index contributed by atoms with van der Waals surface area (Å²) >= 11 is 1.28. The monoisotopic (exact) mass is 326 g/mol. The van der Waals surface area contributed by atoms with E-state index < -0.39 is 9.84 Å². The lowest BCUT2D eigenvalue weighted by atomic mass is 10.1. The Hall–Kier alpha value is -1.47. The molecule has 0 saturated carbocycles. The normalized spacial score (nSPS) is 12.0. The Morgan fingerprint density at radius 1 is 1.38 bits per heavy atom. The van der Waals surface area contributed by atoms with Crippen LogP contribution in [0.15, 0.2) is 23.1 Å². The van der Waals surface area contributed by atoms with E-state index in [-0.39, 0.29) is 10.8 Å². The van der Waals surface area contributed by atoms with Crippen molar-refractivity contribution in [1.29, 1.82) is 0 Å². The Kier molecular flexibility index (Phi) is 4.63. The van der Waals surface area contributed by atoms with E-state index in [1.54, 1.807) is 12.1 Å². The van der Waals surface area contributed by atoms with Gasteiger partial charge in [0.2, 0.25) is 5.91 Å². The number of anilines is 1. The largest absolute Gasteiger partial charge is 0.302 e. The maximum absolute atomic E-state index is 11.8. The molecule has 0 spiro atoms. The third-order valence-corrected chi connectivity index (χ3v) is 5.03. The molecule has 1 N–H and O–H groups in total. The van der Waals surface area contributed by atoms with Crippen LogP contribution in [0.4, 0.5) is 5.13 Å². The lowest BCUT2D eigenvalue weighted by Crippen LogP contribution is -2.11. The van der Waals surface area contributed by atoms with Crippen molar-refractivity contribution in [3.05, 3.63) is 18.2 Å². The molecule has 0 saturated heterocycles. The highest BCUT2D eigenvalue weighted by Gasteiger charge is 2.12. The minimum absolute atomic E-state index is 0.0638. The first kappa shape index (κ1) is 15.9. The number of fused-ring (bicyclic) bond motifs is 1. The minimum Gasteiger partial charge on any atom is -0.302 e. The summed E-state index contributed by atoms with van der Waals surface area (Å²) in [4.78, 5) is 16.3. The predicted molar refractivity (Wildman–Crippen MR) is 85.4 cm³/mol. The molecule has 2 rings (SSSR count). The standard InChI is InChI=1S/C14H18N2O3S2/c1-9(2)4-7-13(17)16-14-15-11-6-5-10(21(3,18)19)8-12(11)20-14/h5-6,8-9H,4,7H2,1-3H3,(H,15,16,17). The van der Waals surface area contributed by atoms with Gasteiger partial charge in [-0.05, 0) is 30.5 Å². The van der Waals surface area contributed by atoms with Crippen LogP contribution < -0.4 is 5.32 Å². The Balaban J connectivity index is 2.18. The second-order valence-corrected chi connectivity index (χ2v) is 8.45. The summed E-state index contributed by atoms with van der Waals surface area (Å²) in [5, 5.41) is 3.27. The van der Waals surface area contributed by atoms with E-state index in [0.717, 1.165) is 11.1 Å². The second kappa shape index (κ2) is 6.11. The minimum atomic E-state index is -3.23. The van der Waals surface area contributed by atoms with Crippen LogP contribution in [-0.4, -0.2) is 25.6 Å². The first-order chi connectivity index (χ1) is 9.75. The van der Waals surface area contributed by atoms with Crippen LogP contribution in [0.2, 0.25) is 0 Å². The van der Waals surface area contributed by atoms with Crippen molar-refractivity contribution >= 4 is 42.4 Å². The quantitative estimate of drug-likeness (QED) is 0.916. The lowest BCUT2D eigenvalue weighted by Gasteiger charge is -2.03. The Labute approximate surface area is 128 Å². The van der Waals surface area contributed by atoms with Crippen molar-refractivity contribution in [2.45, 2.75) is 31.6 Å². The van der Waals surface area contributed by atoms with Gasteiger partial charge in [-0.15, -0.1) is 0 Å². The summed E-state index contributed by atoms with van der Waals surface area (Å²) in [6, 6.07) is 4.78. The molecule has 0 aliphatic rings. The first-order valence-corrected chi connectivity index (χ1v) is 9.37. The molecule has 5 nitrogen and oxygen atoms in total. The molecule has 1 aromatic heterocycles. The Morgan fingerprint density at radius 3 is 2.71 bits per heavy atom. The third kappa shape index (κ3) is 4.25. The van der Waals surface area contributed by atoms with Gasteiger partial charge in [0.1, 0.15) is 0 Å². The molecule has 21 heavy (non-hydrogen) atoms. The number of carbonyl (C=O) groups excluding carboxylic acids is 1. The van der Waals surface area contributed by atoms with E-state index in [9.17, 15) is 13.2 Å². The summed E-state index contributed by atoms with van der Waals surface area (Å²) in [6.45, 7) is 4.13. The van der Waals surface area contributed by atoms with Crippen molar-refractivity contribution in [2.24, 2.45) is 5.92 Å². The maximum Gasteiger partial charge on any atom is 0.226 e. The zero-order valence-corrected chi connectivity index (χ0v) is 13.8. The van der Waals surface area contributed by atoms with Crippen LogP contribution in [0, 0.1) is 5.92 Å². The van der Waals surface area contributed by atoms with Crippen molar-refractivity contribution in [2.75, 3.05) is 11.6 Å². The van der Waals surface area contributed by atoms with Crippen molar-refractivity contribution < 1.29 is 13.2 Å². The SMILES string of the molecule is CC(C)CCC(=O)Nc1nc2ccc(S(C)(=O)=O)cc2s1. The average molecular weight is 326 g/mol. The number of thiazole rings is 1. The lowest BCUT2D eigenvalue weighted by molar-refractivity contribution is -0.116. The smallest absolute Gasteiger partial charge is 0.226 e. The highest BCUT2D eigenvalue weighted by Crippen LogP contribution is 2.28. The summed E-state index contributed by atoms with van der Waals surface area (Å²) in [5.74, 6) is 0.412. The first-order valence-electron chi connectivity index (χ1n) is 6.66. The molecule has 0 aliphatic carbocycles. The Morgan fingerprint density at radius 2 is 2.10 bits per heavy atom. The van der Waals surface area contributed by atoms with Gasteiger partial charge in [-0.1, -0.05) is 25.2 Å². The molecule has 114 valence electrons. The molecular weight excluding hydrogens is 308 g/mol. The van der Waals surface area contributed by atoms with Gasteiger partial charge in [-0.3, -0.25) is 4.79 Å². The van der Waals surface area contributed by atoms with Crippen LogP contribution >= 0.6 is 11.3 Å². The number of hydrogen-bond acceptors (Lipinski definition) is 5. The highest BCUT2D eigenvalue weighted by atomic mass is 32.2. The molecule has 1 heterocycles. The molecule has 7 heteroatoms. The summed E-state index contributed by atoms with van der Waals surface area (Å²) < 4.78 is 23.8. The van der Waals surface area contributed by atoms with Gasteiger partial charge in [-0.2, -0.15) is 0 Å². The number of nitrogens with zero attached hydrogens (tertiary/aromatic N) is 1. The number of rotatable bonds is 5. The van der Waals surface area contributed by atoms with Gasteiger partial charge in [0.25, 0.3) is 0 Å². The summed E-state index contributed by atoms with van der Waals surface area (Å²) in [7, 11) is -3.23. The van der Waals surface area contributed by atoms with Crippen LogP contribution in [0.25, 0.3) is 10.2 Å². The van der Waals surface area contributed by atoms with E-state index in [4.69, 9.17) is 0 Å². The van der Waals surface area contributed by atoms with Gasteiger partial charge in [0.05, 0.1) is 15.1 Å². The number of sulfone groups is 1. The fourth-order valence-corrected chi connectivity index (χ4v) is 3.43. The number of hydrogen-bond donors (Lipinski definition) is 1.